The van der Waals surface area contributed by atoms with E-state index in [9.17, 15) is 9.90 Å². The highest BCUT2D eigenvalue weighted by Gasteiger charge is 2.68. The Kier molecular flexibility index (Phi) is 3.24. The fourth-order valence-corrected chi connectivity index (χ4v) is 6.73. The summed E-state index contributed by atoms with van der Waals surface area (Å²) in [7, 11) is 0. The zero-order chi connectivity index (χ0) is 18.1. The number of nitrogens with one attached hydrogen (secondary N) is 1. The number of para-hydroxylation sites is 1. The summed E-state index contributed by atoms with van der Waals surface area (Å²) in [5.41, 5.74) is 5.32. The molecule has 2 fully saturated rings. The standard InChI is InChI=1S/C22H26N2O2/c1-3-9-24-10-8-22-17-6-5-7-18(26)20(17)23-21(22)16(13-25)15(11-19(22)24)14(4-2)12-24/h4-7,13,15,19H,3,8-12H2,1-2H3,(H-,23,25,26)/p+1. The van der Waals surface area contributed by atoms with Crippen molar-refractivity contribution in [3.8, 4) is 5.75 Å². The number of phenolic OH excluding ortho intramolecular Hbond substituents is 1. The van der Waals surface area contributed by atoms with E-state index in [0.29, 0.717) is 11.8 Å². The Morgan fingerprint density at radius 3 is 3.00 bits per heavy atom. The minimum absolute atomic E-state index is 0.130. The third kappa shape index (κ3) is 1.67. The molecule has 136 valence electrons. The fourth-order valence-electron chi connectivity index (χ4n) is 6.73. The maximum atomic E-state index is 12.2. The van der Waals surface area contributed by atoms with Crippen molar-refractivity contribution in [3.05, 3.63) is 46.7 Å². The number of rotatable bonds is 3. The Labute approximate surface area is 154 Å². The number of carbonyl (C=O) groups excluding carboxylic acids is 1. The van der Waals surface area contributed by atoms with Crippen molar-refractivity contribution in [2.75, 3.05) is 25.0 Å². The van der Waals surface area contributed by atoms with Gasteiger partial charge in [-0.15, -0.1) is 0 Å². The number of aldehydes is 1. The molecule has 5 rings (SSSR count). The molecule has 2 saturated heterocycles. The van der Waals surface area contributed by atoms with E-state index in [1.807, 2.05) is 6.07 Å². The second-order valence-corrected chi connectivity index (χ2v) is 8.49. The smallest absolute Gasteiger partial charge is 0.148 e. The zero-order valence-electron chi connectivity index (χ0n) is 15.6. The van der Waals surface area contributed by atoms with Gasteiger partial charge in [0.05, 0.1) is 24.2 Å². The van der Waals surface area contributed by atoms with Crippen LogP contribution in [0.2, 0.25) is 0 Å². The molecule has 0 amide bonds. The Hall–Kier alpha value is -2.07. The number of anilines is 1. The second-order valence-electron chi connectivity index (χ2n) is 8.49. The summed E-state index contributed by atoms with van der Waals surface area (Å²) >= 11 is 0. The van der Waals surface area contributed by atoms with Crippen LogP contribution in [-0.4, -0.2) is 41.6 Å². The van der Waals surface area contributed by atoms with Gasteiger partial charge in [0.25, 0.3) is 0 Å². The van der Waals surface area contributed by atoms with Crippen LogP contribution in [0.1, 0.15) is 38.7 Å². The van der Waals surface area contributed by atoms with Gasteiger partial charge in [0.15, 0.2) is 0 Å². The van der Waals surface area contributed by atoms with Crippen molar-refractivity contribution in [3.63, 3.8) is 0 Å². The van der Waals surface area contributed by atoms with Gasteiger partial charge in [-0.05, 0) is 30.5 Å². The molecule has 2 N–H and O–H groups in total. The Bertz CT molecular complexity index is 871. The number of carbonyl (C=O) groups is 1. The monoisotopic (exact) mass is 351 g/mol. The van der Waals surface area contributed by atoms with E-state index in [4.69, 9.17) is 0 Å². The lowest BCUT2D eigenvalue weighted by Gasteiger charge is -2.53. The number of aromatic hydroxyl groups is 1. The largest absolute Gasteiger partial charge is 0.506 e. The predicted molar refractivity (Wildman–Crippen MR) is 102 cm³/mol. The lowest BCUT2D eigenvalue weighted by atomic mass is 9.61. The van der Waals surface area contributed by atoms with Crippen molar-refractivity contribution in [1.29, 1.82) is 0 Å². The van der Waals surface area contributed by atoms with Crippen LogP contribution in [0.15, 0.2) is 41.1 Å². The first-order valence-electron chi connectivity index (χ1n) is 9.91. The van der Waals surface area contributed by atoms with Crippen LogP contribution in [0.4, 0.5) is 5.69 Å². The number of benzene rings is 1. The molecular weight excluding hydrogens is 324 g/mol. The summed E-state index contributed by atoms with van der Waals surface area (Å²) in [4.78, 5) is 12.2. The highest BCUT2D eigenvalue weighted by atomic mass is 16.3. The molecule has 0 saturated carbocycles. The van der Waals surface area contributed by atoms with Gasteiger partial charge in [0.1, 0.15) is 24.6 Å². The molecule has 1 aromatic rings. The molecule has 1 aromatic carbocycles. The minimum Gasteiger partial charge on any atom is -0.506 e. The third-order valence-corrected chi connectivity index (χ3v) is 7.64. The molecule has 0 radical (unpaired) electrons. The van der Waals surface area contributed by atoms with Crippen LogP contribution in [0, 0.1) is 5.92 Å². The molecule has 26 heavy (non-hydrogen) atoms. The molecule has 3 heterocycles. The van der Waals surface area contributed by atoms with Gasteiger partial charge in [-0.2, -0.15) is 0 Å². The van der Waals surface area contributed by atoms with Gasteiger partial charge in [0, 0.05) is 30.0 Å². The number of nitrogens with zero attached hydrogens (tertiary/aromatic N) is 1. The van der Waals surface area contributed by atoms with E-state index < -0.39 is 0 Å². The van der Waals surface area contributed by atoms with E-state index in [-0.39, 0.29) is 11.3 Å². The molecule has 2 bridgehead atoms. The average molecular weight is 351 g/mol. The van der Waals surface area contributed by atoms with Crippen LogP contribution in [0.25, 0.3) is 0 Å². The van der Waals surface area contributed by atoms with Crippen molar-refractivity contribution in [2.45, 2.75) is 44.6 Å². The number of quaternary nitrogens is 1. The molecule has 1 aliphatic carbocycles. The summed E-state index contributed by atoms with van der Waals surface area (Å²) in [5.74, 6) is 0.529. The van der Waals surface area contributed by atoms with E-state index in [1.165, 1.54) is 24.1 Å². The van der Waals surface area contributed by atoms with Gasteiger partial charge in [-0.1, -0.05) is 25.1 Å². The fraction of sp³-hybridized carbons (Fsp3) is 0.500. The third-order valence-electron chi connectivity index (χ3n) is 7.64. The van der Waals surface area contributed by atoms with Gasteiger partial charge >= 0.3 is 0 Å². The van der Waals surface area contributed by atoms with Crippen LogP contribution in [0.3, 0.4) is 0 Å². The van der Waals surface area contributed by atoms with Crippen LogP contribution in [-0.2, 0) is 10.2 Å². The van der Waals surface area contributed by atoms with Gasteiger partial charge < -0.3 is 14.9 Å². The van der Waals surface area contributed by atoms with Crippen molar-refractivity contribution >= 4 is 12.0 Å². The molecule has 4 unspecified atom stereocenters. The van der Waals surface area contributed by atoms with Crippen molar-refractivity contribution < 1.29 is 14.4 Å². The average Bonchev–Trinajstić information content (AvgIpc) is 3.17. The van der Waals surface area contributed by atoms with Crippen LogP contribution < -0.4 is 5.32 Å². The molecular formula is C22H27N2O2+. The Morgan fingerprint density at radius 1 is 1.42 bits per heavy atom. The summed E-state index contributed by atoms with van der Waals surface area (Å²) in [6, 6.07) is 6.35. The molecule has 4 atom stereocenters. The van der Waals surface area contributed by atoms with Crippen molar-refractivity contribution in [2.24, 2.45) is 5.92 Å². The maximum absolute atomic E-state index is 12.2. The number of fused-ring (bicyclic) bond motifs is 2. The Morgan fingerprint density at radius 2 is 2.27 bits per heavy atom. The quantitative estimate of drug-likeness (QED) is 0.379. The number of allylic oxidation sites excluding steroid dienone is 2. The van der Waals surface area contributed by atoms with Crippen LogP contribution >= 0.6 is 0 Å². The summed E-state index contributed by atoms with van der Waals surface area (Å²) in [6.45, 7) is 7.80. The zero-order valence-corrected chi connectivity index (χ0v) is 15.6. The minimum atomic E-state index is -0.130. The van der Waals surface area contributed by atoms with E-state index in [1.54, 1.807) is 6.07 Å². The highest BCUT2D eigenvalue weighted by molar-refractivity contribution is 5.85. The molecule has 1 spiro atoms. The maximum Gasteiger partial charge on any atom is 0.148 e. The van der Waals surface area contributed by atoms with E-state index in [0.717, 1.165) is 53.7 Å². The van der Waals surface area contributed by atoms with E-state index >= 15 is 0 Å². The molecule has 3 aliphatic heterocycles. The number of piperidine rings is 1. The van der Waals surface area contributed by atoms with Gasteiger partial charge in [-0.3, -0.25) is 4.79 Å². The summed E-state index contributed by atoms with van der Waals surface area (Å²) in [5, 5.41) is 14.0. The lowest BCUT2D eigenvalue weighted by Crippen LogP contribution is -2.63. The highest BCUT2D eigenvalue weighted by Crippen LogP contribution is 2.64. The summed E-state index contributed by atoms with van der Waals surface area (Å²) in [6.07, 6.45) is 6.60. The first-order chi connectivity index (χ1) is 12.6. The lowest BCUT2D eigenvalue weighted by molar-refractivity contribution is -0.941. The SMILES string of the molecule is CC=C1C[N+]2(CCC)CCC34C(=C(C=O)C1CC32)Nc1c(O)cccc14. The number of hydrogen-bond acceptors (Lipinski definition) is 3. The molecule has 4 nitrogen and oxygen atoms in total. The van der Waals surface area contributed by atoms with E-state index in [2.05, 4.69) is 31.3 Å². The molecule has 4 aliphatic rings. The van der Waals surface area contributed by atoms with Gasteiger partial charge in [0.2, 0.25) is 0 Å². The predicted octanol–water partition coefficient (Wildman–Crippen LogP) is 3.49. The normalized spacial score (nSPS) is 38.2. The first kappa shape index (κ1) is 16.1. The topological polar surface area (TPSA) is 49.3 Å². The second kappa shape index (κ2) is 5.23. The van der Waals surface area contributed by atoms with Crippen molar-refractivity contribution in [1.82, 2.24) is 0 Å². The first-order valence-corrected chi connectivity index (χ1v) is 9.91. The van der Waals surface area contributed by atoms with Gasteiger partial charge in [-0.25, -0.2) is 0 Å². The number of hydrogen-bond donors (Lipinski definition) is 2. The Balaban J connectivity index is 1.82. The molecule has 0 aromatic heterocycles. The summed E-state index contributed by atoms with van der Waals surface area (Å²) < 4.78 is 1.14. The van der Waals surface area contributed by atoms with Crippen LogP contribution in [0.5, 0.6) is 5.75 Å². The molecule has 4 heteroatoms. The number of phenols is 1.